The molecule has 0 radical (unpaired) electrons. The van der Waals surface area contributed by atoms with Crippen molar-refractivity contribution >= 4 is 11.8 Å². The van der Waals surface area contributed by atoms with E-state index in [1.165, 1.54) is 27.1 Å². The fourth-order valence-corrected chi connectivity index (χ4v) is 3.81. The van der Waals surface area contributed by atoms with Crippen LogP contribution in [0.2, 0.25) is 0 Å². The Morgan fingerprint density at radius 1 is 0.957 bits per heavy atom. The minimum Gasteiger partial charge on any atom is -0.196 e. The second kappa shape index (κ2) is 6.54. The van der Waals surface area contributed by atoms with Crippen molar-refractivity contribution in [3.8, 4) is 5.69 Å². The van der Waals surface area contributed by atoms with Crippen LogP contribution < -0.4 is 0 Å². The van der Waals surface area contributed by atoms with E-state index in [4.69, 9.17) is 0 Å². The first-order valence-electron chi connectivity index (χ1n) is 7.61. The molecule has 1 heterocycles. The Morgan fingerprint density at radius 3 is 2.26 bits per heavy atom. The molecular weight excluding hydrogens is 304 g/mol. The van der Waals surface area contributed by atoms with Gasteiger partial charge in [-0.25, -0.2) is 0 Å². The summed E-state index contributed by atoms with van der Waals surface area (Å²) in [6.07, 6.45) is 0. The molecule has 0 unspecified atom stereocenters. The number of tetrazole rings is 1. The molecule has 118 valence electrons. The molecule has 0 aliphatic heterocycles. The Kier molecular flexibility index (Phi) is 4.48. The summed E-state index contributed by atoms with van der Waals surface area (Å²) in [7, 11) is 0. The van der Waals surface area contributed by atoms with Crippen molar-refractivity contribution in [3.63, 3.8) is 0 Å². The van der Waals surface area contributed by atoms with Gasteiger partial charge in [0.25, 0.3) is 0 Å². The summed E-state index contributed by atoms with van der Waals surface area (Å²) in [5.74, 6) is 1.60. The number of aryl methyl sites for hydroxylation is 2. The standard InChI is InChI=1S/C18H20N4S/c1-12-10-13(2)15(4)18(14(12)3)23-11-17-19-20-21-22(17)16-8-6-5-7-9-16/h5-10H,11H2,1-4H3. The minimum absolute atomic E-state index is 0.743. The first-order valence-corrected chi connectivity index (χ1v) is 8.59. The number of rotatable bonds is 4. The third-order valence-corrected chi connectivity index (χ3v) is 5.48. The van der Waals surface area contributed by atoms with Crippen molar-refractivity contribution < 1.29 is 0 Å². The Morgan fingerprint density at radius 2 is 1.61 bits per heavy atom. The van der Waals surface area contributed by atoms with Crippen molar-refractivity contribution in [3.05, 3.63) is 64.5 Å². The molecule has 0 saturated carbocycles. The van der Waals surface area contributed by atoms with Crippen LogP contribution in [0.25, 0.3) is 5.69 Å². The molecule has 0 bridgehead atoms. The normalized spacial score (nSPS) is 11.0. The van der Waals surface area contributed by atoms with Crippen LogP contribution >= 0.6 is 11.8 Å². The number of aromatic nitrogens is 4. The van der Waals surface area contributed by atoms with Gasteiger partial charge in [-0.05, 0) is 72.5 Å². The zero-order chi connectivity index (χ0) is 16.4. The van der Waals surface area contributed by atoms with Crippen molar-refractivity contribution in [1.82, 2.24) is 20.2 Å². The molecule has 1 aromatic heterocycles. The fourth-order valence-electron chi connectivity index (χ4n) is 2.60. The molecule has 0 spiro atoms. The number of para-hydroxylation sites is 1. The number of thioether (sulfide) groups is 1. The largest absolute Gasteiger partial charge is 0.196 e. The molecule has 0 aliphatic rings. The van der Waals surface area contributed by atoms with Crippen LogP contribution in [0.3, 0.4) is 0 Å². The molecule has 23 heavy (non-hydrogen) atoms. The Bertz CT molecular complexity index is 798. The maximum absolute atomic E-state index is 4.19. The third kappa shape index (κ3) is 3.15. The molecule has 4 nitrogen and oxygen atoms in total. The molecule has 0 fully saturated rings. The van der Waals surface area contributed by atoms with Gasteiger partial charge in [-0.1, -0.05) is 24.3 Å². The van der Waals surface area contributed by atoms with Crippen LogP contribution in [-0.4, -0.2) is 20.2 Å². The van der Waals surface area contributed by atoms with Crippen LogP contribution in [0.1, 0.15) is 28.1 Å². The summed E-state index contributed by atoms with van der Waals surface area (Å²) < 4.78 is 1.81. The first kappa shape index (κ1) is 15.7. The van der Waals surface area contributed by atoms with E-state index in [9.17, 15) is 0 Å². The van der Waals surface area contributed by atoms with Gasteiger partial charge in [0.05, 0.1) is 11.4 Å². The van der Waals surface area contributed by atoms with Gasteiger partial charge in [0.1, 0.15) is 0 Å². The van der Waals surface area contributed by atoms with E-state index in [-0.39, 0.29) is 0 Å². The zero-order valence-electron chi connectivity index (χ0n) is 13.9. The summed E-state index contributed by atoms with van der Waals surface area (Å²) in [5.41, 5.74) is 6.34. The van der Waals surface area contributed by atoms with E-state index in [2.05, 4.69) is 49.3 Å². The predicted octanol–water partition coefficient (Wildman–Crippen LogP) is 4.19. The molecule has 0 atom stereocenters. The number of hydrogen-bond donors (Lipinski definition) is 0. The van der Waals surface area contributed by atoms with E-state index in [1.54, 1.807) is 16.4 Å². The maximum atomic E-state index is 4.19. The van der Waals surface area contributed by atoms with Gasteiger partial charge in [0, 0.05) is 4.90 Å². The maximum Gasteiger partial charge on any atom is 0.166 e. The lowest BCUT2D eigenvalue weighted by molar-refractivity contribution is 0.777. The Labute approximate surface area is 140 Å². The number of nitrogens with zero attached hydrogens (tertiary/aromatic N) is 4. The van der Waals surface area contributed by atoms with Gasteiger partial charge in [-0.15, -0.1) is 16.9 Å². The summed E-state index contributed by atoms with van der Waals surface area (Å²) >= 11 is 1.81. The highest BCUT2D eigenvalue weighted by Gasteiger charge is 2.13. The summed E-state index contributed by atoms with van der Waals surface area (Å²) in [4.78, 5) is 1.34. The van der Waals surface area contributed by atoms with Crippen molar-refractivity contribution in [1.29, 1.82) is 0 Å². The molecular formula is C18H20N4S. The van der Waals surface area contributed by atoms with Crippen LogP contribution in [0.15, 0.2) is 41.3 Å². The second-order valence-corrected chi connectivity index (χ2v) is 6.71. The smallest absolute Gasteiger partial charge is 0.166 e. The monoisotopic (exact) mass is 324 g/mol. The zero-order valence-corrected chi connectivity index (χ0v) is 14.7. The van der Waals surface area contributed by atoms with E-state index in [0.29, 0.717) is 0 Å². The molecule has 3 rings (SSSR count). The van der Waals surface area contributed by atoms with Crippen molar-refractivity contribution in [2.75, 3.05) is 0 Å². The Hall–Kier alpha value is -2.14. The molecule has 0 N–H and O–H groups in total. The van der Waals surface area contributed by atoms with Gasteiger partial charge in [0.2, 0.25) is 0 Å². The average molecular weight is 324 g/mol. The summed E-state index contributed by atoms with van der Waals surface area (Å²) in [6.45, 7) is 8.70. The number of benzene rings is 2. The van der Waals surface area contributed by atoms with Crippen LogP contribution in [0.4, 0.5) is 0 Å². The van der Waals surface area contributed by atoms with E-state index in [1.807, 2.05) is 30.3 Å². The second-order valence-electron chi connectivity index (χ2n) is 5.72. The Balaban J connectivity index is 1.88. The SMILES string of the molecule is Cc1cc(C)c(C)c(SCc2nnnn2-c2ccccc2)c1C. The molecule has 3 aromatic rings. The van der Waals surface area contributed by atoms with E-state index in [0.717, 1.165) is 17.3 Å². The average Bonchev–Trinajstić information content (AvgIpc) is 3.02. The van der Waals surface area contributed by atoms with Crippen molar-refractivity contribution in [2.45, 2.75) is 38.3 Å². The van der Waals surface area contributed by atoms with Gasteiger partial charge in [-0.2, -0.15) is 4.68 Å². The van der Waals surface area contributed by atoms with Crippen molar-refractivity contribution in [2.24, 2.45) is 0 Å². The lowest BCUT2D eigenvalue weighted by Gasteiger charge is -2.14. The van der Waals surface area contributed by atoms with Gasteiger partial charge in [0.15, 0.2) is 5.82 Å². The quantitative estimate of drug-likeness (QED) is 0.675. The van der Waals surface area contributed by atoms with Gasteiger partial charge >= 0.3 is 0 Å². The summed E-state index contributed by atoms with van der Waals surface area (Å²) in [5, 5.41) is 12.2. The predicted molar refractivity (Wildman–Crippen MR) is 94.1 cm³/mol. The molecule has 0 saturated heterocycles. The van der Waals surface area contributed by atoms with Gasteiger partial charge in [-0.3, -0.25) is 0 Å². The lowest BCUT2D eigenvalue weighted by atomic mass is 10.0. The van der Waals surface area contributed by atoms with Gasteiger partial charge < -0.3 is 0 Å². The number of hydrogen-bond acceptors (Lipinski definition) is 4. The third-order valence-electron chi connectivity index (χ3n) is 4.18. The molecule has 0 aliphatic carbocycles. The molecule has 5 heteroatoms. The van der Waals surface area contributed by atoms with Crippen LogP contribution in [0, 0.1) is 27.7 Å². The fraction of sp³-hybridized carbons (Fsp3) is 0.278. The van der Waals surface area contributed by atoms with E-state index < -0.39 is 0 Å². The highest BCUT2D eigenvalue weighted by Crippen LogP contribution is 2.32. The van der Waals surface area contributed by atoms with E-state index >= 15 is 0 Å². The van der Waals surface area contributed by atoms with Crippen LogP contribution in [0.5, 0.6) is 0 Å². The lowest BCUT2D eigenvalue weighted by Crippen LogP contribution is -2.02. The highest BCUT2D eigenvalue weighted by molar-refractivity contribution is 7.98. The minimum atomic E-state index is 0.743. The first-order chi connectivity index (χ1) is 11.1. The topological polar surface area (TPSA) is 43.6 Å². The molecule has 2 aromatic carbocycles. The highest BCUT2D eigenvalue weighted by atomic mass is 32.2. The summed E-state index contributed by atoms with van der Waals surface area (Å²) in [6, 6.07) is 12.3. The molecule has 0 amide bonds. The van der Waals surface area contributed by atoms with Crippen LogP contribution in [-0.2, 0) is 5.75 Å².